The Labute approximate surface area is 130 Å². The molecule has 0 bridgehead atoms. The number of phenols is 1. The quantitative estimate of drug-likeness (QED) is 0.575. The number of ketones is 1. The van der Waals surface area contributed by atoms with Crippen molar-refractivity contribution in [3.8, 4) is 11.4 Å². The van der Waals surface area contributed by atoms with Crippen LogP contribution in [-0.2, 0) is 0 Å². The van der Waals surface area contributed by atoms with Gasteiger partial charge in [0.05, 0.1) is 11.4 Å². The third-order valence-electron chi connectivity index (χ3n) is 2.96. The van der Waals surface area contributed by atoms with Crippen molar-refractivity contribution in [2.45, 2.75) is 5.16 Å². The molecule has 110 valence electrons. The molecule has 1 heterocycles. The van der Waals surface area contributed by atoms with Gasteiger partial charge in [-0.25, -0.2) is 0 Å². The van der Waals surface area contributed by atoms with Crippen LogP contribution in [0.2, 0.25) is 0 Å². The molecule has 6 nitrogen and oxygen atoms in total. The number of para-hydroxylation sites is 1. The minimum absolute atomic E-state index is 0.0485. The zero-order valence-corrected chi connectivity index (χ0v) is 12.3. The van der Waals surface area contributed by atoms with E-state index in [4.69, 9.17) is 0 Å². The number of nitrogens with zero attached hydrogens (tertiary/aromatic N) is 4. The lowest BCUT2D eigenvalue weighted by Gasteiger charge is -2.04. The van der Waals surface area contributed by atoms with Gasteiger partial charge < -0.3 is 5.11 Å². The molecular formula is C15H12N4O2S. The van der Waals surface area contributed by atoms with Gasteiger partial charge in [0.25, 0.3) is 0 Å². The van der Waals surface area contributed by atoms with Crippen LogP contribution in [0.1, 0.15) is 10.4 Å². The van der Waals surface area contributed by atoms with Crippen molar-refractivity contribution in [2.24, 2.45) is 0 Å². The number of tetrazole rings is 1. The Kier molecular flexibility index (Phi) is 4.15. The number of carbonyl (C=O) groups is 1. The van der Waals surface area contributed by atoms with Crippen LogP contribution >= 0.6 is 11.8 Å². The van der Waals surface area contributed by atoms with Crippen LogP contribution in [0, 0.1) is 0 Å². The molecule has 7 heteroatoms. The van der Waals surface area contributed by atoms with E-state index in [0.717, 1.165) is 5.69 Å². The van der Waals surface area contributed by atoms with Crippen LogP contribution < -0.4 is 0 Å². The first kappa shape index (κ1) is 14.3. The molecule has 0 aliphatic rings. The number of carbonyl (C=O) groups excluding carboxylic acids is 1. The molecule has 0 atom stereocenters. The fourth-order valence-electron chi connectivity index (χ4n) is 1.86. The number of hydrogen-bond acceptors (Lipinski definition) is 6. The molecule has 0 saturated heterocycles. The van der Waals surface area contributed by atoms with Crippen molar-refractivity contribution < 1.29 is 9.90 Å². The Hall–Kier alpha value is -2.67. The summed E-state index contributed by atoms with van der Waals surface area (Å²) in [7, 11) is 0. The number of thioether (sulfide) groups is 1. The van der Waals surface area contributed by atoms with E-state index in [1.807, 2.05) is 30.3 Å². The van der Waals surface area contributed by atoms with Gasteiger partial charge in [-0.1, -0.05) is 30.0 Å². The van der Waals surface area contributed by atoms with Crippen molar-refractivity contribution in [2.75, 3.05) is 5.75 Å². The van der Waals surface area contributed by atoms with E-state index < -0.39 is 0 Å². The van der Waals surface area contributed by atoms with Crippen molar-refractivity contribution in [3.05, 3.63) is 60.2 Å². The molecule has 0 aliphatic heterocycles. The lowest BCUT2D eigenvalue weighted by atomic mass is 10.1. The topological polar surface area (TPSA) is 80.9 Å². The Bertz CT molecular complexity index is 772. The molecular weight excluding hydrogens is 300 g/mol. The Morgan fingerprint density at radius 2 is 1.82 bits per heavy atom. The summed E-state index contributed by atoms with van der Waals surface area (Å²) >= 11 is 1.27. The lowest BCUT2D eigenvalue weighted by Crippen LogP contribution is -2.04. The van der Waals surface area contributed by atoms with Gasteiger partial charge in [-0.05, 0) is 46.8 Å². The predicted molar refractivity (Wildman–Crippen MR) is 82.3 cm³/mol. The number of aromatic hydroxyl groups is 1. The molecule has 3 rings (SSSR count). The fourth-order valence-corrected chi connectivity index (χ4v) is 2.65. The highest BCUT2D eigenvalue weighted by molar-refractivity contribution is 7.99. The van der Waals surface area contributed by atoms with Crippen LogP contribution in [0.15, 0.2) is 59.8 Å². The number of benzene rings is 2. The van der Waals surface area contributed by atoms with Gasteiger partial charge >= 0.3 is 0 Å². The molecule has 1 N–H and O–H groups in total. The van der Waals surface area contributed by atoms with Crippen molar-refractivity contribution >= 4 is 17.5 Å². The zero-order valence-electron chi connectivity index (χ0n) is 11.5. The maximum atomic E-state index is 12.1. The van der Waals surface area contributed by atoms with E-state index in [1.54, 1.807) is 16.8 Å². The minimum atomic E-state index is -0.0485. The van der Waals surface area contributed by atoms with Crippen molar-refractivity contribution in [1.29, 1.82) is 0 Å². The Morgan fingerprint density at radius 3 is 2.55 bits per heavy atom. The van der Waals surface area contributed by atoms with Gasteiger partial charge in [0.2, 0.25) is 5.16 Å². The molecule has 1 aromatic heterocycles. The van der Waals surface area contributed by atoms with E-state index in [0.29, 0.717) is 10.7 Å². The summed E-state index contributed by atoms with van der Waals surface area (Å²) in [5, 5.41) is 21.3. The maximum absolute atomic E-state index is 12.1. The van der Waals surface area contributed by atoms with Gasteiger partial charge in [-0.15, -0.1) is 5.10 Å². The van der Waals surface area contributed by atoms with Crippen LogP contribution in [0.25, 0.3) is 5.69 Å². The predicted octanol–water partition coefficient (Wildman–Crippen LogP) is 2.34. The SMILES string of the molecule is O=C(CSc1nnnn1-c1ccccc1)c1ccc(O)cc1. The smallest absolute Gasteiger partial charge is 0.214 e. The first-order valence-electron chi connectivity index (χ1n) is 6.53. The molecule has 3 aromatic rings. The summed E-state index contributed by atoms with van der Waals surface area (Å²) in [6.07, 6.45) is 0. The minimum Gasteiger partial charge on any atom is -0.508 e. The molecule has 0 spiro atoms. The normalized spacial score (nSPS) is 10.5. The molecule has 0 fully saturated rings. The van der Waals surface area contributed by atoms with E-state index >= 15 is 0 Å². The Balaban J connectivity index is 1.71. The van der Waals surface area contributed by atoms with Gasteiger partial charge in [0, 0.05) is 5.56 Å². The molecule has 0 saturated carbocycles. The zero-order chi connectivity index (χ0) is 15.4. The maximum Gasteiger partial charge on any atom is 0.214 e. The van der Waals surface area contributed by atoms with E-state index in [9.17, 15) is 9.90 Å². The summed E-state index contributed by atoms with van der Waals surface area (Å²) < 4.78 is 1.59. The number of aromatic nitrogens is 4. The van der Waals surface area contributed by atoms with Gasteiger partial charge in [0.1, 0.15) is 5.75 Å². The van der Waals surface area contributed by atoms with Crippen molar-refractivity contribution in [3.63, 3.8) is 0 Å². The van der Waals surface area contributed by atoms with E-state index in [-0.39, 0.29) is 17.3 Å². The third-order valence-corrected chi connectivity index (χ3v) is 3.88. The fraction of sp³-hybridized carbons (Fsp3) is 0.0667. The monoisotopic (exact) mass is 312 g/mol. The number of hydrogen-bond donors (Lipinski definition) is 1. The van der Waals surface area contributed by atoms with Crippen LogP contribution in [0.3, 0.4) is 0 Å². The highest BCUT2D eigenvalue weighted by atomic mass is 32.2. The molecule has 0 amide bonds. The number of phenolic OH excluding ortho intramolecular Hbond substituents is 1. The number of Topliss-reactive ketones (excluding diaryl/α,β-unsaturated/α-hetero) is 1. The standard InChI is InChI=1S/C15H12N4O2S/c20-13-8-6-11(7-9-13)14(21)10-22-15-16-17-18-19(15)12-4-2-1-3-5-12/h1-9,20H,10H2. The summed E-state index contributed by atoms with van der Waals surface area (Å²) in [6, 6.07) is 15.7. The molecule has 22 heavy (non-hydrogen) atoms. The van der Waals surface area contributed by atoms with Gasteiger partial charge in [0.15, 0.2) is 5.78 Å². The lowest BCUT2D eigenvalue weighted by molar-refractivity contribution is 0.102. The highest BCUT2D eigenvalue weighted by Gasteiger charge is 2.12. The largest absolute Gasteiger partial charge is 0.508 e. The van der Waals surface area contributed by atoms with Gasteiger partial charge in [-0.2, -0.15) is 4.68 Å². The van der Waals surface area contributed by atoms with Gasteiger partial charge in [-0.3, -0.25) is 4.79 Å². The molecule has 2 aromatic carbocycles. The molecule has 0 unspecified atom stereocenters. The second-order valence-corrected chi connectivity index (χ2v) is 5.41. The summed E-state index contributed by atoms with van der Waals surface area (Å²) in [6.45, 7) is 0. The summed E-state index contributed by atoms with van der Waals surface area (Å²) in [5.41, 5.74) is 1.39. The average Bonchev–Trinajstić information content (AvgIpc) is 3.02. The van der Waals surface area contributed by atoms with Crippen molar-refractivity contribution in [1.82, 2.24) is 20.2 Å². The molecule has 0 aliphatic carbocycles. The van der Waals surface area contributed by atoms with E-state index in [1.165, 1.54) is 23.9 Å². The number of rotatable bonds is 5. The second-order valence-electron chi connectivity index (χ2n) is 4.47. The first-order chi connectivity index (χ1) is 10.7. The van der Waals surface area contributed by atoms with Crippen LogP contribution in [0.4, 0.5) is 0 Å². The first-order valence-corrected chi connectivity index (χ1v) is 7.51. The van der Waals surface area contributed by atoms with Crippen LogP contribution in [0.5, 0.6) is 5.75 Å². The highest BCUT2D eigenvalue weighted by Crippen LogP contribution is 2.20. The second kappa shape index (κ2) is 6.40. The molecule has 0 radical (unpaired) electrons. The Morgan fingerprint density at radius 1 is 1.09 bits per heavy atom. The van der Waals surface area contributed by atoms with Crippen LogP contribution in [-0.4, -0.2) is 36.8 Å². The third kappa shape index (κ3) is 3.15. The summed E-state index contributed by atoms with van der Waals surface area (Å²) in [5.74, 6) is 0.308. The van der Waals surface area contributed by atoms with E-state index in [2.05, 4.69) is 15.5 Å². The average molecular weight is 312 g/mol. The summed E-state index contributed by atoms with van der Waals surface area (Å²) in [4.78, 5) is 12.1.